The van der Waals surface area contributed by atoms with E-state index < -0.39 is 0 Å². The molecular weight excluding hydrogens is 374 g/mol. The number of amides is 1. The van der Waals surface area contributed by atoms with Crippen molar-refractivity contribution in [3.63, 3.8) is 0 Å². The zero-order valence-corrected chi connectivity index (χ0v) is 15.8. The second kappa shape index (κ2) is 8.19. The van der Waals surface area contributed by atoms with Crippen LogP contribution in [-0.4, -0.2) is 29.9 Å². The van der Waals surface area contributed by atoms with Gasteiger partial charge in [0.25, 0.3) is 0 Å². The Kier molecular flexibility index (Phi) is 6.25. The van der Waals surface area contributed by atoms with Crippen molar-refractivity contribution in [1.29, 1.82) is 0 Å². The number of hydrogen-bond donors (Lipinski definition) is 1. The van der Waals surface area contributed by atoms with Gasteiger partial charge in [-0.2, -0.15) is 5.10 Å². The number of benzene rings is 1. The molecular formula is C17H22BrN3O3. The zero-order valence-electron chi connectivity index (χ0n) is 14.2. The van der Waals surface area contributed by atoms with Crippen molar-refractivity contribution in [3.05, 3.63) is 40.6 Å². The summed E-state index contributed by atoms with van der Waals surface area (Å²) in [6.45, 7) is 4.31. The van der Waals surface area contributed by atoms with Gasteiger partial charge in [0.2, 0.25) is 5.91 Å². The Morgan fingerprint density at radius 3 is 2.67 bits per heavy atom. The lowest BCUT2D eigenvalue weighted by Gasteiger charge is -2.20. The highest BCUT2D eigenvalue weighted by molar-refractivity contribution is 9.10. The summed E-state index contributed by atoms with van der Waals surface area (Å²) in [5, 5.41) is 7.20. The maximum Gasteiger partial charge on any atom is 0.225 e. The van der Waals surface area contributed by atoms with Gasteiger partial charge in [-0.25, -0.2) is 0 Å². The number of aromatic nitrogens is 2. The Hall–Kier alpha value is -2.02. The van der Waals surface area contributed by atoms with Gasteiger partial charge in [0, 0.05) is 11.8 Å². The third-order valence-corrected chi connectivity index (χ3v) is 4.18. The van der Waals surface area contributed by atoms with Gasteiger partial charge in [-0.1, -0.05) is 6.92 Å². The van der Waals surface area contributed by atoms with Crippen molar-refractivity contribution in [1.82, 2.24) is 15.1 Å². The first-order valence-corrected chi connectivity index (χ1v) is 8.44. The summed E-state index contributed by atoms with van der Waals surface area (Å²) >= 11 is 3.35. The molecule has 2 aromatic rings. The van der Waals surface area contributed by atoms with Crippen molar-refractivity contribution in [3.8, 4) is 11.5 Å². The number of rotatable bonds is 7. The summed E-state index contributed by atoms with van der Waals surface area (Å²) in [6, 6.07) is 5.34. The average Bonchev–Trinajstić information content (AvgIpc) is 2.98. The molecule has 0 aliphatic carbocycles. The summed E-state index contributed by atoms with van der Waals surface area (Å²) in [5.74, 6) is 1.18. The molecule has 6 nitrogen and oxygen atoms in total. The first-order valence-electron chi connectivity index (χ1n) is 7.64. The molecule has 1 aromatic heterocycles. The highest BCUT2D eigenvalue weighted by Gasteiger charge is 2.19. The normalized spacial score (nSPS) is 13.2. The smallest absolute Gasteiger partial charge is 0.225 e. The molecule has 2 rings (SSSR count). The quantitative estimate of drug-likeness (QED) is 0.781. The predicted octanol–water partition coefficient (Wildman–Crippen LogP) is 3.18. The van der Waals surface area contributed by atoms with Gasteiger partial charge in [0.1, 0.15) is 11.5 Å². The maximum atomic E-state index is 12.5. The number of methoxy groups -OCH3 is 2. The molecule has 130 valence electrons. The summed E-state index contributed by atoms with van der Waals surface area (Å²) in [5.41, 5.74) is 0.874. The van der Waals surface area contributed by atoms with Crippen LogP contribution in [0, 0.1) is 5.92 Å². The predicted molar refractivity (Wildman–Crippen MR) is 95.2 cm³/mol. The molecule has 0 aliphatic heterocycles. The van der Waals surface area contributed by atoms with E-state index in [0.29, 0.717) is 12.3 Å². The van der Waals surface area contributed by atoms with Crippen LogP contribution < -0.4 is 14.8 Å². The van der Waals surface area contributed by atoms with Crippen LogP contribution in [0.25, 0.3) is 0 Å². The molecule has 0 spiro atoms. The van der Waals surface area contributed by atoms with Gasteiger partial charge in [-0.05, 0) is 41.1 Å². The number of hydrogen-bond acceptors (Lipinski definition) is 4. The summed E-state index contributed by atoms with van der Waals surface area (Å²) in [4.78, 5) is 12.5. The molecule has 0 aliphatic rings. The second-order valence-corrected chi connectivity index (χ2v) is 6.54. The fourth-order valence-electron chi connectivity index (χ4n) is 2.41. The lowest BCUT2D eigenvalue weighted by molar-refractivity contribution is -0.125. The van der Waals surface area contributed by atoms with E-state index in [-0.39, 0.29) is 17.9 Å². The molecule has 7 heteroatoms. The zero-order chi connectivity index (χ0) is 17.7. The third kappa shape index (κ3) is 4.50. The van der Waals surface area contributed by atoms with Gasteiger partial charge in [-0.3, -0.25) is 9.48 Å². The van der Waals surface area contributed by atoms with Crippen LogP contribution in [0.4, 0.5) is 0 Å². The summed E-state index contributed by atoms with van der Waals surface area (Å²) < 4.78 is 13.3. The molecule has 1 heterocycles. The highest BCUT2D eigenvalue weighted by Crippen LogP contribution is 2.29. The molecule has 0 saturated heterocycles. The number of carbonyl (C=O) groups is 1. The molecule has 1 N–H and O–H groups in total. The van der Waals surface area contributed by atoms with Crippen LogP contribution in [0.5, 0.6) is 11.5 Å². The molecule has 2 unspecified atom stereocenters. The minimum absolute atomic E-state index is 0.0426. The van der Waals surface area contributed by atoms with E-state index in [9.17, 15) is 4.79 Å². The lowest BCUT2D eigenvalue weighted by atomic mass is 10.0. The van der Waals surface area contributed by atoms with Crippen LogP contribution >= 0.6 is 15.9 Å². The van der Waals surface area contributed by atoms with Crippen molar-refractivity contribution < 1.29 is 14.3 Å². The van der Waals surface area contributed by atoms with Crippen LogP contribution in [-0.2, 0) is 11.3 Å². The largest absolute Gasteiger partial charge is 0.497 e. The number of nitrogens with zero attached hydrogens (tertiary/aromatic N) is 2. The van der Waals surface area contributed by atoms with E-state index in [1.807, 2.05) is 38.2 Å². The SMILES string of the molecule is COc1ccc(OC)c(C(C)NC(=O)C(C)Cn2cc(Br)cn2)c1. The fraction of sp³-hybridized carbons (Fsp3) is 0.412. The van der Waals surface area contributed by atoms with Gasteiger partial charge < -0.3 is 14.8 Å². The Labute approximate surface area is 150 Å². The van der Waals surface area contributed by atoms with Crippen LogP contribution in [0.1, 0.15) is 25.5 Å². The van der Waals surface area contributed by atoms with E-state index in [1.165, 1.54) is 0 Å². The monoisotopic (exact) mass is 395 g/mol. The second-order valence-electron chi connectivity index (χ2n) is 5.62. The van der Waals surface area contributed by atoms with Gasteiger partial charge in [0.15, 0.2) is 0 Å². The summed E-state index contributed by atoms with van der Waals surface area (Å²) in [7, 11) is 3.22. The molecule has 1 amide bonds. The van der Waals surface area contributed by atoms with Crippen LogP contribution in [0.2, 0.25) is 0 Å². The van der Waals surface area contributed by atoms with Gasteiger partial charge in [0.05, 0.1) is 43.4 Å². The molecule has 1 aromatic carbocycles. The van der Waals surface area contributed by atoms with Gasteiger partial charge in [-0.15, -0.1) is 0 Å². The summed E-state index contributed by atoms with van der Waals surface area (Å²) in [6.07, 6.45) is 3.55. The van der Waals surface area contributed by atoms with Crippen molar-refractivity contribution >= 4 is 21.8 Å². The standard InChI is InChI=1S/C17H22BrN3O3/c1-11(9-21-10-13(18)8-19-21)17(22)20-12(2)15-7-14(23-3)5-6-16(15)24-4/h5-8,10-12H,9H2,1-4H3,(H,20,22). The highest BCUT2D eigenvalue weighted by atomic mass is 79.9. The number of halogens is 1. The molecule has 2 atom stereocenters. The Bertz CT molecular complexity index is 702. The number of nitrogens with one attached hydrogen (secondary N) is 1. The van der Waals surface area contributed by atoms with E-state index in [2.05, 4.69) is 26.3 Å². The minimum Gasteiger partial charge on any atom is -0.497 e. The molecule has 0 radical (unpaired) electrons. The molecule has 0 saturated carbocycles. The van der Waals surface area contributed by atoms with Gasteiger partial charge >= 0.3 is 0 Å². The van der Waals surface area contributed by atoms with E-state index >= 15 is 0 Å². The van der Waals surface area contributed by atoms with Crippen molar-refractivity contribution in [2.75, 3.05) is 14.2 Å². The van der Waals surface area contributed by atoms with E-state index in [4.69, 9.17) is 9.47 Å². The Balaban J connectivity index is 2.05. The maximum absolute atomic E-state index is 12.5. The molecule has 0 bridgehead atoms. The average molecular weight is 396 g/mol. The fourth-order valence-corrected chi connectivity index (χ4v) is 2.74. The van der Waals surface area contributed by atoms with Crippen LogP contribution in [0.15, 0.2) is 35.1 Å². The Morgan fingerprint density at radius 1 is 1.33 bits per heavy atom. The first kappa shape index (κ1) is 18.3. The molecule has 24 heavy (non-hydrogen) atoms. The minimum atomic E-state index is -0.212. The van der Waals surface area contributed by atoms with Crippen LogP contribution in [0.3, 0.4) is 0 Å². The van der Waals surface area contributed by atoms with E-state index in [1.54, 1.807) is 25.1 Å². The van der Waals surface area contributed by atoms with Crippen molar-refractivity contribution in [2.24, 2.45) is 5.92 Å². The number of ether oxygens (including phenoxy) is 2. The Morgan fingerprint density at radius 2 is 2.08 bits per heavy atom. The third-order valence-electron chi connectivity index (χ3n) is 3.77. The first-order chi connectivity index (χ1) is 11.4. The number of carbonyl (C=O) groups excluding carboxylic acids is 1. The lowest BCUT2D eigenvalue weighted by Crippen LogP contribution is -2.33. The van der Waals surface area contributed by atoms with E-state index in [0.717, 1.165) is 15.8 Å². The van der Waals surface area contributed by atoms with Crippen molar-refractivity contribution in [2.45, 2.75) is 26.4 Å². The topological polar surface area (TPSA) is 65.4 Å². The molecule has 0 fully saturated rings.